The number of benzene rings is 1. The molecule has 1 fully saturated rings. The van der Waals surface area contributed by atoms with Crippen LogP contribution in [0.25, 0.3) is 0 Å². The summed E-state index contributed by atoms with van der Waals surface area (Å²) in [5.74, 6) is -0.367. The van der Waals surface area contributed by atoms with Crippen LogP contribution >= 0.6 is 11.3 Å². The molecule has 1 saturated heterocycles. The molecule has 6 nitrogen and oxygen atoms in total. The fourth-order valence-corrected chi connectivity index (χ4v) is 5.65. The third-order valence-corrected chi connectivity index (χ3v) is 7.57. The molecule has 0 aliphatic carbocycles. The van der Waals surface area contributed by atoms with Crippen LogP contribution in [0.5, 0.6) is 0 Å². The molecule has 0 atom stereocenters. The number of aryl methyl sites for hydroxylation is 1. The molecule has 3 rings (SSSR count). The SMILES string of the molecule is COC(=O)c1ccc(N2CCN(S(=O)(=O)c3ccc(C)s3)CC2)cc1. The number of esters is 1. The lowest BCUT2D eigenvalue weighted by Crippen LogP contribution is -2.48. The number of ether oxygens (including phenoxy) is 1. The predicted octanol–water partition coefficient (Wildman–Crippen LogP) is 2.35. The quantitative estimate of drug-likeness (QED) is 0.762. The fraction of sp³-hybridized carbons (Fsp3) is 0.353. The van der Waals surface area contributed by atoms with E-state index >= 15 is 0 Å². The van der Waals surface area contributed by atoms with Crippen LogP contribution in [0, 0.1) is 6.92 Å². The van der Waals surface area contributed by atoms with E-state index in [4.69, 9.17) is 4.74 Å². The van der Waals surface area contributed by atoms with Gasteiger partial charge in [-0.25, -0.2) is 13.2 Å². The Kier molecular flexibility index (Phi) is 5.12. The standard InChI is InChI=1S/C17H20N2O4S2/c1-13-3-8-16(24-13)25(21,22)19-11-9-18(10-12-19)15-6-4-14(5-7-15)17(20)23-2/h3-8H,9-12H2,1-2H3. The summed E-state index contributed by atoms with van der Waals surface area (Å²) in [5.41, 5.74) is 1.47. The molecule has 0 saturated carbocycles. The second kappa shape index (κ2) is 7.15. The van der Waals surface area contributed by atoms with Crippen molar-refractivity contribution in [2.75, 3.05) is 38.2 Å². The van der Waals surface area contributed by atoms with E-state index in [0.29, 0.717) is 36.0 Å². The van der Waals surface area contributed by atoms with Crippen molar-refractivity contribution in [2.24, 2.45) is 0 Å². The Morgan fingerprint density at radius 3 is 2.20 bits per heavy atom. The summed E-state index contributed by atoms with van der Waals surface area (Å²) >= 11 is 1.30. The van der Waals surface area contributed by atoms with Crippen molar-refractivity contribution in [2.45, 2.75) is 11.1 Å². The van der Waals surface area contributed by atoms with Gasteiger partial charge in [-0.2, -0.15) is 4.31 Å². The lowest BCUT2D eigenvalue weighted by Gasteiger charge is -2.35. The van der Waals surface area contributed by atoms with E-state index in [1.807, 2.05) is 25.1 Å². The normalized spacial score (nSPS) is 16.0. The van der Waals surface area contributed by atoms with Crippen molar-refractivity contribution in [3.05, 3.63) is 46.8 Å². The first-order chi connectivity index (χ1) is 11.9. The van der Waals surface area contributed by atoms with Crippen molar-refractivity contribution in [3.63, 3.8) is 0 Å². The maximum atomic E-state index is 12.7. The Labute approximate surface area is 151 Å². The van der Waals surface area contributed by atoms with Gasteiger partial charge in [0.25, 0.3) is 10.0 Å². The van der Waals surface area contributed by atoms with Gasteiger partial charge in [-0.15, -0.1) is 11.3 Å². The van der Waals surface area contributed by atoms with Crippen LogP contribution in [0.4, 0.5) is 5.69 Å². The highest BCUT2D eigenvalue weighted by atomic mass is 32.2. The van der Waals surface area contributed by atoms with Crippen LogP contribution < -0.4 is 4.90 Å². The van der Waals surface area contributed by atoms with Gasteiger partial charge in [-0.3, -0.25) is 0 Å². The summed E-state index contributed by atoms with van der Waals surface area (Å²) in [6.45, 7) is 4.01. The summed E-state index contributed by atoms with van der Waals surface area (Å²) < 4.78 is 32.0. The zero-order valence-corrected chi connectivity index (χ0v) is 15.8. The number of carbonyl (C=O) groups excluding carboxylic acids is 1. The van der Waals surface area contributed by atoms with Crippen molar-refractivity contribution >= 4 is 33.0 Å². The molecule has 25 heavy (non-hydrogen) atoms. The van der Waals surface area contributed by atoms with Gasteiger partial charge in [0.1, 0.15) is 4.21 Å². The van der Waals surface area contributed by atoms with E-state index in [2.05, 4.69) is 4.90 Å². The van der Waals surface area contributed by atoms with Crippen molar-refractivity contribution in [1.82, 2.24) is 4.31 Å². The monoisotopic (exact) mass is 380 g/mol. The summed E-state index contributed by atoms with van der Waals surface area (Å²) in [5, 5.41) is 0. The lowest BCUT2D eigenvalue weighted by atomic mass is 10.2. The number of rotatable bonds is 4. The topological polar surface area (TPSA) is 66.9 Å². The number of piperazine rings is 1. The number of hydrogen-bond donors (Lipinski definition) is 0. The largest absolute Gasteiger partial charge is 0.465 e. The van der Waals surface area contributed by atoms with Gasteiger partial charge in [0.05, 0.1) is 12.7 Å². The molecule has 0 N–H and O–H groups in total. The van der Waals surface area contributed by atoms with Crippen LogP contribution in [-0.4, -0.2) is 52.0 Å². The first kappa shape index (κ1) is 17.9. The van der Waals surface area contributed by atoms with E-state index in [-0.39, 0.29) is 5.97 Å². The number of hydrogen-bond acceptors (Lipinski definition) is 6. The molecule has 8 heteroatoms. The third-order valence-electron chi connectivity index (χ3n) is 4.20. The molecule has 2 aromatic rings. The Bertz CT molecular complexity index is 851. The molecule has 1 aromatic heterocycles. The van der Waals surface area contributed by atoms with Gasteiger partial charge in [0, 0.05) is 36.7 Å². The van der Waals surface area contributed by atoms with E-state index in [9.17, 15) is 13.2 Å². The molecule has 0 unspecified atom stereocenters. The highest BCUT2D eigenvalue weighted by Crippen LogP contribution is 2.26. The van der Waals surface area contributed by atoms with Crippen molar-refractivity contribution < 1.29 is 17.9 Å². The van der Waals surface area contributed by atoms with Gasteiger partial charge in [0.15, 0.2) is 0 Å². The average Bonchev–Trinajstić information content (AvgIpc) is 3.08. The summed E-state index contributed by atoms with van der Waals surface area (Å²) in [6.07, 6.45) is 0. The molecule has 0 amide bonds. The van der Waals surface area contributed by atoms with Gasteiger partial charge in [-0.05, 0) is 43.3 Å². The fourth-order valence-electron chi connectivity index (χ4n) is 2.79. The minimum Gasteiger partial charge on any atom is -0.465 e. The van der Waals surface area contributed by atoms with Gasteiger partial charge < -0.3 is 9.64 Å². The first-order valence-corrected chi connectivity index (χ1v) is 10.2. The smallest absolute Gasteiger partial charge is 0.337 e. The number of methoxy groups -OCH3 is 1. The number of carbonyl (C=O) groups is 1. The van der Waals surface area contributed by atoms with Crippen molar-refractivity contribution in [3.8, 4) is 0 Å². The first-order valence-electron chi connectivity index (χ1n) is 7.92. The van der Waals surface area contributed by atoms with Gasteiger partial charge in [0.2, 0.25) is 0 Å². The minimum absolute atomic E-state index is 0.367. The molecule has 1 aromatic carbocycles. The number of thiophene rings is 1. The number of anilines is 1. The van der Waals surface area contributed by atoms with E-state index in [0.717, 1.165) is 10.6 Å². The molecule has 0 bridgehead atoms. The molecule has 1 aliphatic heterocycles. The lowest BCUT2D eigenvalue weighted by molar-refractivity contribution is 0.0600. The maximum Gasteiger partial charge on any atom is 0.337 e. The second-order valence-electron chi connectivity index (χ2n) is 5.79. The second-order valence-corrected chi connectivity index (χ2v) is 9.25. The number of sulfonamides is 1. The Morgan fingerprint density at radius 2 is 1.68 bits per heavy atom. The summed E-state index contributed by atoms with van der Waals surface area (Å²) in [6, 6.07) is 10.7. The highest BCUT2D eigenvalue weighted by Gasteiger charge is 2.29. The van der Waals surface area contributed by atoms with Gasteiger partial charge in [-0.1, -0.05) is 0 Å². The maximum absolute atomic E-state index is 12.7. The van der Waals surface area contributed by atoms with Crippen LogP contribution in [-0.2, 0) is 14.8 Å². The Morgan fingerprint density at radius 1 is 1.04 bits per heavy atom. The van der Waals surface area contributed by atoms with Crippen LogP contribution in [0.3, 0.4) is 0 Å². The van der Waals surface area contributed by atoms with Crippen LogP contribution in [0.1, 0.15) is 15.2 Å². The molecular weight excluding hydrogens is 360 g/mol. The third kappa shape index (κ3) is 3.70. The van der Waals surface area contributed by atoms with Gasteiger partial charge >= 0.3 is 5.97 Å². The average molecular weight is 380 g/mol. The highest BCUT2D eigenvalue weighted by molar-refractivity contribution is 7.91. The zero-order chi connectivity index (χ0) is 18.0. The minimum atomic E-state index is -3.40. The van der Waals surface area contributed by atoms with Crippen LogP contribution in [0.2, 0.25) is 0 Å². The van der Waals surface area contributed by atoms with E-state index < -0.39 is 10.0 Å². The Hall–Kier alpha value is -1.90. The molecular formula is C17H20N2O4S2. The van der Waals surface area contributed by atoms with Crippen molar-refractivity contribution in [1.29, 1.82) is 0 Å². The number of nitrogens with zero attached hydrogens (tertiary/aromatic N) is 2. The predicted molar refractivity (Wildman–Crippen MR) is 97.8 cm³/mol. The van der Waals surface area contributed by atoms with Crippen LogP contribution in [0.15, 0.2) is 40.6 Å². The Balaban J connectivity index is 1.66. The van der Waals surface area contributed by atoms with E-state index in [1.165, 1.54) is 22.8 Å². The van der Waals surface area contributed by atoms with E-state index in [1.54, 1.807) is 18.2 Å². The summed E-state index contributed by atoms with van der Waals surface area (Å²) in [4.78, 5) is 14.6. The molecule has 0 radical (unpaired) electrons. The molecule has 0 spiro atoms. The zero-order valence-electron chi connectivity index (χ0n) is 14.1. The molecule has 134 valence electrons. The molecule has 1 aliphatic rings. The molecule has 2 heterocycles. The summed E-state index contributed by atoms with van der Waals surface area (Å²) in [7, 11) is -2.05.